The van der Waals surface area contributed by atoms with E-state index in [1.54, 1.807) is 29.1 Å². The average molecular weight is 279 g/mol. The van der Waals surface area contributed by atoms with Crippen LogP contribution in [0.3, 0.4) is 0 Å². The second-order valence-corrected chi connectivity index (χ2v) is 4.73. The number of aryl methyl sites for hydroxylation is 1. The minimum atomic E-state index is -0.933. The molecule has 1 aromatic carbocycles. The van der Waals surface area contributed by atoms with Crippen LogP contribution in [-0.4, -0.2) is 25.8 Å². The summed E-state index contributed by atoms with van der Waals surface area (Å²) in [5, 5.41) is 13.9. The molecule has 0 unspecified atom stereocenters. The minimum Gasteiger partial charge on any atom is -0.478 e. The standard InChI is InChI=1S/C16H13N3O2/c1-19-10-11(9-17-19)2-5-14-6-3-12-8-13(16(20)21)4-7-15(12)18-14/h2-10H,1H3,(H,20,21). The molecule has 2 aromatic heterocycles. The van der Waals surface area contributed by atoms with E-state index in [2.05, 4.69) is 10.1 Å². The van der Waals surface area contributed by atoms with Gasteiger partial charge in [0.25, 0.3) is 0 Å². The Balaban J connectivity index is 1.92. The SMILES string of the molecule is Cn1cc(C=Cc2ccc3cc(C(=O)O)ccc3n2)cn1. The summed E-state index contributed by atoms with van der Waals surface area (Å²) >= 11 is 0. The monoisotopic (exact) mass is 279 g/mol. The number of nitrogens with zero attached hydrogens (tertiary/aromatic N) is 3. The summed E-state index contributed by atoms with van der Waals surface area (Å²) in [6.45, 7) is 0. The minimum absolute atomic E-state index is 0.267. The molecule has 1 N–H and O–H groups in total. The van der Waals surface area contributed by atoms with Crippen molar-refractivity contribution >= 4 is 29.0 Å². The second kappa shape index (κ2) is 5.20. The van der Waals surface area contributed by atoms with Crippen molar-refractivity contribution in [3.63, 3.8) is 0 Å². The number of rotatable bonds is 3. The Morgan fingerprint density at radius 1 is 1.24 bits per heavy atom. The molecule has 0 aliphatic heterocycles. The van der Waals surface area contributed by atoms with Gasteiger partial charge in [-0.2, -0.15) is 5.10 Å². The summed E-state index contributed by atoms with van der Waals surface area (Å²) in [5.74, 6) is -0.933. The first kappa shape index (κ1) is 13.1. The molecule has 0 aliphatic carbocycles. The summed E-state index contributed by atoms with van der Waals surface area (Å²) in [6, 6.07) is 8.64. The van der Waals surface area contributed by atoms with Crippen LogP contribution in [0, 0.1) is 0 Å². The molecule has 21 heavy (non-hydrogen) atoms. The highest BCUT2D eigenvalue weighted by Gasteiger charge is 2.04. The molecule has 0 amide bonds. The molecule has 5 nitrogen and oxygen atoms in total. The summed E-state index contributed by atoms with van der Waals surface area (Å²) < 4.78 is 1.74. The Bertz CT molecular complexity index is 850. The summed E-state index contributed by atoms with van der Waals surface area (Å²) in [5.41, 5.74) is 2.85. The van der Waals surface area contributed by atoms with E-state index in [9.17, 15) is 4.79 Å². The number of pyridine rings is 1. The average Bonchev–Trinajstić information content (AvgIpc) is 2.90. The number of aromatic carboxylic acids is 1. The molecule has 0 spiro atoms. The van der Waals surface area contributed by atoms with Gasteiger partial charge in [0.2, 0.25) is 0 Å². The smallest absolute Gasteiger partial charge is 0.335 e. The van der Waals surface area contributed by atoms with E-state index in [1.165, 1.54) is 0 Å². The Morgan fingerprint density at radius 3 is 2.81 bits per heavy atom. The molecular formula is C16H13N3O2. The fourth-order valence-corrected chi connectivity index (χ4v) is 2.08. The quantitative estimate of drug-likeness (QED) is 0.800. The summed E-state index contributed by atoms with van der Waals surface area (Å²) in [7, 11) is 1.87. The van der Waals surface area contributed by atoms with Crippen LogP contribution in [0.25, 0.3) is 23.1 Å². The van der Waals surface area contributed by atoms with Crippen molar-refractivity contribution in [2.24, 2.45) is 7.05 Å². The van der Waals surface area contributed by atoms with Crippen LogP contribution < -0.4 is 0 Å². The van der Waals surface area contributed by atoms with E-state index in [1.807, 2.05) is 37.5 Å². The van der Waals surface area contributed by atoms with Crippen molar-refractivity contribution in [3.8, 4) is 0 Å². The van der Waals surface area contributed by atoms with E-state index in [4.69, 9.17) is 5.11 Å². The zero-order valence-corrected chi connectivity index (χ0v) is 11.4. The number of carbonyl (C=O) groups is 1. The molecule has 104 valence electrons. The van der Waals surface area contributed by atoms with E-state index in [0.29, 0.717) is 0 Å². The van der Waals surface area contributed by atoms with Crippen LogP contribution in [0.2, 0.25) is 0 Å². The van der Waals surface area contributed by atoms with Gasteiger partial charge in [0.15, 0.2) is 0 Å². The van der Waals surface area contributed by atoms with Crippen molar-refractivity contribution in [2.45, 2.75) is 0 Å². The lowest BCUT2D eigenvalue weighted by atomic mass is 10.1. The van der Waals surface area contributed by atoms with Gasteiger partial charge in [-0.1, -0.05) is 6.07 Å². The number of benzene rings is 1. The van der Waals surface area contributed by atoms with Gasteiger partial charge < -0.3 is 5.11 Å². The maximum Gasteiger partial charge on any atom is 0.335 e. The molecule has 0 radical (unpaired) electrons. The van der Waals surface area contributed by atoms with Gasteiger partial charge in [0, 0.05) is 24.2 Å². The fourth-order valence-electron chi connectivity index (χ4n) is 2.08. The van der Waals surface area contributed by atoms with Gasteiger partial charge in [0.05, 0.1) is 23.0 Å². The molecule has 0 saturated heterocycles. The highest BCUT2D eigenvalue weighted by molar-refractivity contribution is 5.93. The lowest BCUT2D eigenvalue weighted by Crippen LogP contribution is -1.95. The van der Waals surface area contributed by atoms with Crippen molar-refractivity contribution in [1.29, 1.82) is 0 Å². The van der Waals surface area contributed by atoms with E-state index >= 15 is 0 Å². The number of carboxylic acid groups (broad SMARTS) is 1. The van der Waals surface area contributed by atoms with Gasteiger partial charge in [-0.25, -0.2) is 9.78 Å². The van der Waals surface area contributed by atoms with Gasteiger partial charge in [-0.15, -0.1) is 0 Å². The molecular weight excluding hydrogens is 266 g/mol. The number of fused-ring (bicyclic) bond motifs is 1. The Kier molecular flexibility index (Phi) is 3.23. The van der Waals surface area contributed by atoms with Gasteiger partial charge in [0.1, 0.15) is 0 Å². The molecule has 5 heteroatoms. The first-order chi connectivity index (χ1) is 10.1. The molecule has 0 bridgehead atoms. The second-order valence-electron chi connectivity index (χ2n) is 4.73. The Labute approximate surface area is 121 Å². The van der Waals surface area contributed by atoms with Gasteiger partial charge in [-0.05, 0) is 36.4 Å². The largest absolute Gasteiger partial charge is 0.478 e. The highest BCUT2D eigenvalue weighted by Crippen LogP contribution is 2.16. The highest BCUT2D eigenvalue weighted by atomic mass is 16.4. The van der Waals surface area contributed by atoms with E-state index in [0.717, 1.165) is 22.2 Å². The van der Waals surface area contributed by atoms with Crippen LogP contribution in [0.5, 0.6) is 0 Å². The number of hydrogen-bond acceptors (Lipinski definition) is 3. The predicted octanol–water partition coefficient (Wildman–Crippen LogP) is 2.84. The molecule has 3 aromatic rings. The molecule has 0 aliphatic rings. The summed E-state index contributed by atoms with van der Waals surface area (Å²) in [4.78, 5) is 15.4. The maximum atomic E-state index is 10.9. The van der Waals surface area contributed by atoms with Crippen molar-refractivity contribution in [2.75, 3.05) is 0 Å². The number of aromatic nitrogens is 3. The Hall–Kier alpha value is -2.95. The third-order valence-corrected chi connectivity index (χ3v) is 3.13. The lowest BCUT2D eigenvalue weighted by molar-refractivity contribution is 0.0697. The molecule has 2 heterocycles. The normalized spacial score (nSPS) is 11.3. The molecule has 0 fully saturated rings. The van der Waals surface area contributed by atoms with Crippen LogP contribution in [-0.2, 0) is 7.05 Å². The van der Waals surface area contributed by atoms with Crippen molar-refractivity contribution in [3.05, 3.63) is 59.5 Å². The Morgan fingerprint density at radius 2 is 2.10 bits per heavy atom. The number of carboxylic acids is 1. The summed E-state index contributed by atoms with van der Waals surface area (Å²) in [6.07, 6.45) is 7.53. The predicted molar refractivity (Wildman–Crippen MR) is 80.8 cm³/mol. The van der Waals surface area contributed by atoms with Gasteiger partial charge >= 0.3 is 5.97 Å². The topological polar surface area (TPSA) is 68.0 Å². The third-order valence-electron chi connectivity index (χ3n) is 3.13. The van der Waals surface area contributed by atoms with Gasteiger partial charge in [-0.3, -0.25) is 4.68 Å². The van der Waals surface area contributed by atoms with Crippen molar-refractivity contribution in [1.82, 2.24) is 14.8 Å². The first-order valence-corrected chi connectivity index (χ1v) is 6.43. The first-order valence-electron chi connectivity index (χ1n) is 6.43. The van der Waals surface area contributed by atoms with Crippen LogP contribution in [0.1, 0.15) is 21.6 Å². The van der Waals surface area contributed by atoms with E-state index in [-0.39, 0.29) is 5.56 Å². The zero-order valence-electron chi connectivity index (χ0n) is 11.4. The lowest BCUT2D eigenvalue weighted by Gasteiger charge is -2.00. The van der Waals surface area contributed by atoms with Crippen LogP contribution in [0.4, 0.5) is 0 Å². The zero-order chi connectivity index (χ0) is 14.8. The van der Waals surface area contributed by atoms with Crippen LogP contribution in [0.15, 0.2) is 42.7 Å². The third kappa shape index (κ3) is 2.81. The maximum absolute atomic E-state index is 10.9. The fraction of sp³-hybridized carbons (Fsp3) is 0.0625. The molecule has 3 rings (SSSR count). The van der Waals surface area contributed by atoms with E-state index < -0.39 is 5.97 Å². The molecule has 0 atom stereocenters. The number of hydrogen-bond donors (Lipinski definition) is 1. The van der Waals surface area contributed by atoms with Crippen LogP contribution >= 0.6 is 0 Å². The van der Waals surface area contributed by atoms with Crippen molar-refractivity contribution < 1.29 is 9.90 Å². The molecule has 0 saturated carbocycles.